The van der Waals surface area contributed by atoms with Crippen molar-refractivity contribution in [2.45, 2.75) is 12.8 Å². The molecule has 0 radical (unpaired) electrons. The van der Waals surface area contributed by atoms with Crippen LogP contribution in [0.3, 0.4) is 0 Å². The molecule has 0 unspecified atom stereocenters. The van der Waals surface area contributed by atoms with Crippen LogP contribution in [0.2, 0.25) is 0 Å². The molecule has 72 valence electrons. The molecule has 1 aromatic heterocycles. The van der Waals surface area contributed by atoms with E-state index in [1.165, 1.54) is 0 Å². The summed E-state index contributed by atoms with van der Waals surface area (Å²) in [4.78, 5) is 10.8. The molecule has 3 heteroatoms. The fourth-order valence-corrected chi connectivity index (χ4v) is 2.84. The van der Waals surface area contributed by atoms with Crippen LogP contribution in [0.1, 0.15) is 21.5 Å². The molecule has 0 spiro atoms. The zero-order valence-corrected chi connectivity index (χ0v) is 9.28. The number of fused-ring (bicyclic) bond motifs is 1. The Hall–Kier alpha value is -0.860. The van der Waals surface area contributed by atoms with Gasteiger partial charge in [-0.2, -0.15) is 0 Å². The Kier molecular flexibility index (Phi) is 2.57. The number of alkyl halides is 1. The van der Waals surface area contributed by atoms with Crippen molar-refractivity contribution in [2.75, 3.05) is 0 Å². The summed E-state index contributed by atoms with van der Waals surface area (Å²) in [5, 5.41) is 2.96. The third-order valence-corrected chi connectivity index (χ3v) is 3.50. The maximum atomic E-state index is 10.8. The van der Waals surface area contributed by atoms with Gasteiger partial charge in [-0.1, -0.05) is 6.07 Å². The maximum absolute atomic E-state index is 10.8. The minimum Gasteiger partial charge on any atom is -0.298 e. The highest BCUT2D eigenvalue weighted by atomic mass is 35.5. The molecule has 0 atom stereocenters. The normalized spacial score (nSPS) is 10.7. The van der Waals surface area contributed by atoms with Crippen molar-refractivity contribution in [1.82, 2.24) is 0 Å². The van der Waals surface area contributed by atoms with Gasteiger partial charge in [-0.05, 0) is 24.1 Å². The van der Waals surface area contributed by atoms with Crippen molar-refractivity contribution in [2.24, 2.45) is 0 Å². The van der Waals surface area contributed by atoms with E-state index < -0.39 is 0 Å². The fraction of sp³-hybridized carbons (Fsp3) is 0.182. The van der Waals surface area contributed by atoms with Crippen LogP contribution in [0, 0.1) is 6.92 Å². The summed E-state index contributed by atoms with van der Waals surface area (Å²) in [6.07, 6.45) is 0.909. The van der Waals surface area contributed by atoms with Crippen LogP contribution in [0.5, 0.6) is 0 Å². The van der Waals surface area contributed by atoms with Crippen molar-refractivity contribution >= 4 is 39.3 Å². The van der Waals surface area contributed by atoms with Gasteiger partial charge in [0.25, 0.3) is 0 Å². The van der Waals surface area contributed by atoms with Crippen LogP contribution in [0.4, 0.5) is 0 Å². The lowest BCUT2D eigenvalue weighted by atomic mass is 10.1. The lowest BCUT2D eigenvalue weighted by Crippen LogP contribution is -1.83. The van der Waals surface area contributed by atoms with Crippen molar-refractivity contribution in [3.05, 3.63) is 34.2 Å². The second kappa shape index (κ2) is 3.71. The minimum absolute atomic E-state index is 0.519. The Bertz CT molecular complexity index is 487. The first-order chi connectivity index (χ1) is 6.76. The van der Waals surface area contributed by atoms with Gasteiger partial charge in [0.15, 0.2) is 6.29 Å². The number of halogens is 1. The van der Waals surface area contributed by atoms with E-state index in [-0.39, 0.29) is 0 Å². The highest BCUT2D eigenvalue weighted by Gasteiger charge is 2.07. The number of aldehydes is 1. The molecular weight excluding hydrogens is 216 g/mol. The SMILES string of the molecule is Cc1cc(CCl)cc2scc(C=O)c12. The Balaban J connectivity index is 2.78. The first kappa shape index (κ1) is 9.69. The van der Waals surface area contributed by atoms with Crippen LogP contribution in [-0.4, -0.2) is 6.29 Å². The Morgan fingerprint density at radius 1 is 1.50 bits per heavy atom. The molecule has 0 fully saturated rings. The molecule has 0 bridgehead atoms. The summed E-state index contributed by atoms with van der Waals surface area (Å²) in [6.45, 7) is 2.01. The van der Waals surface area contributed by atoms with Gasteiger partial charge in [-0.15, -0.1) is 22.9 Å². The molecule has 14 heavy (non-hydrogen) atoms. The molecule has 1 nitrogen and oxygen atoms in total. The van der Waals surface area contributed by atoms with E-state index in [2.05, 4.69) is 0 Å². The Labute approximate surface area is 91.3 Å². The van der Waals surface area contributed by atoms with Crippen LogP contribution >= 0.6 is 22.9 Å². The molecule has 0 N–H and O–H groups in total. The number of benzene rings is 1. The number of carbonyl (C=O) groups excluding carboxylic acids is 1. The standard InChI is InChI=1S/C11H9ClOS/c1-7-2-8(4-12)3-10-11(7)9(5-13)6-14-10/h2-3,5-6H,4H2,1H3. The predicted molar refractivity (Wildman–Crippen MR) is 61.5 cm³/mol. The average molecular weight is 225 g/mol. The first-order valence-corrected chi connectivity index (χ1v) is 5.69. The van der Waals surface area contributed by atoms with Gasteiger partial charge in [0.2, 0.25) is 0 Å². The van der Waals surface area contributed by atoms with E-state index in [0.29, 0.717) is 5.88 Å². The third kappa shape index (κ3) is 1.45. The van der Waals surface area contributed by atoms with Crippen molar-refractivity contribution in [1.29, 1.82) is 0 Å². The maximum Gasteiger partial charge on any atom is 0.151 e. The molecule has 0 saturated carbocycles. The summed E-state index contributed by atoms with van der Waals surface area (Å²) < 4.78 is 1.14. The van der Waals surface area contributed by atoms with E-state index in [9.17, 15) is 4.79 Å². The zero-order valence-electron chi connectivity index (χ0n) is 7.71. The van der Waals surface area contributed by atoms with Gasteiger partial charge >= 0.3 is 0 Å². The smallest absolute Gasteiger partial charge is 0.151 e. The molecule has 0 saturated heterocycles. The van der Waals surface area contributed by atoms with E-state index in [0.717, 1.165) is 33.1 Å². The van der Waals surface area contributed by atoms with Gasteiger partial charge in [0.05, 0.1) is 0 Å². The third-order valence-electron chi connectivity index (χ3n) is 2.24. The lowest BCUT2D eigenvalue weighted by molar-refractivity contribution is 0.112. The fourth-order valence-electron chi connectivity index (χ4n) is 1.64. The van der Waals surface area contributed by atoms with Gasteiger partial charge in [-0.25, -0.2) is 0 Å². The zero-order chi connectivity index (χ0) is 10.1. The summed E-state index contributed by atoms with van der Waals surface area (Å²) in [5.74, 6) is 0.519. The van der Waals surface area contributed by atoms with Crippen molar-refractivity contribution in [3.8, 4) is 0 Å². The van der Waals surface area contributed by atoms with E-state index >= 15 is 0 Å². The van der Waals surface area contributed by atoms with Crippen LogP contribution < -0.4 is 0 Å². The summed E-state index contributed by atoms with van der Waals surface area (Å²) >= 11 is 7.37. The highest BCUT2D eigenvalue weighted by Crippen LogP contribution is 2.29. The Morgan fingerprint density at radius 3 is 2.93 bits per heavy atom. The largest absolute Gasteiger partial charge is 0.298 e. The summed E-state index contributed by atoms with van der Waals surface area (Å²) in [7, 11) is 0. The van der Waals surface area contributed by atoms with Crippen LogP contribution in [0.15, 0.2) is 17.5 Å². The first-order valence-electron chi connectivity index (χ1n) is 4.28. The molecule has 2 aromatic rings. The lowest BCUT2D eigenvalue weighted by Gasteiger charge is -2.01. The van der Waals surface area contributed by atoms with Crippen LogP contribution in [0.25, 0.3) is 10.1 Å². The number of thiophene rings is 1. The van der Waals surface area contributed by atoms with E-state index in [4.69, 9.17) is 11.6 Å². The summed E-state index contributed by atoms with van der Waals surface area (Å²) in [6, 6.07) is 4.09. The van der Waals surface area contributed by atoms with E-state index in [1.807, 2.05) is 24.4 Å². The second-order valence-electron chi connectivity index (χ2n) is 3.23. The van der Waals surface area contributed by atoms with Gasteiger partial charge in [-0.3, -0.25) is 4.79 Å². The molecule has 1 aromatic carbocycles. The van der Waals surface area contributed by atoms with Crippen molar-refractivity contribution < 1.29 is 4.79 Å². The van der Waals surface area contributed by atoms with Gasteiger partial charge in [0.1, 0.15) is 0 Å². The number of hydrogen-bond donors (Lipinski definition) is 0. The molecule has 0 aliphatic carbocycles. The molecule has 0 amide bonds. The average Bonchev–Trinajstić information content (AvgIpc) is 2.61. The topological polar surface area (TPSA) is 17.1 Å². The predicted octanol–water partition coefficient (Wildman–Crippen LogP) is 3.76. The number of rotatable bonds is 2. The number of hydrogen-bond acceptors (Lipinski definition) is 2. The van der Waals surface area contributed by atoms with Gasteiger partial charge < -0.3 is 0 Å². The molecule has 0 aliphatic heterocycles. The molecule has 0 aliphatic rings. The van der Waals surface area contributed by atoms with Crippen LogP contribution in [-0.2, 0) is 5.88 Å². The summed E-state index contributed by atoms with van der Waals surface area (Å²) in [5.41, 5.74) is 3.01. The van der Waals surface area contributed by atoms with Gasteiger partial charge in [0, 0.05) is 26.9 Å². The quantitative estimate of drug-likeness (QED) is 0.561. The van der Waals surface area contributed by atoms with Crippen molar-refractivity contribution in [3.63, 3.8) is 0 Å². The minimum atomic E-state index is 0.519. The molecule has 1 heterocycles. The molecular formula is C11H9ClOS. The Morgan fingerprint density at radius 2 is 2.29 bits per heavy atom. The monoisotopic (exact) mass is 224 g/mol. The number of carbonyl (C=O) groups is 1. The number of aryl methyl sites for hydroxylation is 1. The van der Waals surface area contributed by atoms with E-state index in [1.54, 1.807) is 11.3 Å². The molecule has 2 rings (SSSR count). The second-order valence-corrected chi connectivity index (χ2v) is 4.41. The highest BCUT2D eigenvalue weighted by molar-refractivity contribution is 7.17.